The maximum Gasteiger partial charge on any atom is 0.222 e. The Morgan fingerprint density at radius 1 is 1.39 bits per heavy atom. The van der Waals surface area contributed by atoms with Crippen LogP contribution in [-0.2, 0) is 10.2 Å². The van der Waals surface area contributed by atoms with Crippen LogP contribution in [0.25, 0.3) is 0 Å². The van der Waals surface area contributed by atoms with Gasteiger partial charge in [0, 0.05) is 25.1 Å². The molecular weight excluding hydrogens is 286 g/mol. The van der Waals surface area contributed by atoms with Crippen molar-refractivity contribution in [2.24, 2.45) is 5.92 Å². The number of carbonyl (C=O) groups excluding carboxylic acids is 2. The van der Waals surface area contributed by atoms with E-state index in [1.165, 1.54) is 5.56 Å². The molecule has 1 aromatic rings. The zero-order valence-electron chi connectivity index (χ0n) is 14.7. The highest BCUT2D eigenvalue weighted by Crippen LogP contribution is 2.39. The van der Waals surface area contributed by atoms with Crippen LogP contribution < -0.4 is 0 Å². The Labute approximate surface area is 140 Å². The molecule has 0 spiro atoms. The third-order valence-corrected chi connectivity index (χ3v) is 5.51. The minimum Gasteiger partial charge on any atom is -0.342 e. The van der Waals surface area contributed by atoms with Crippen LogP contribution in [0.2, 0.25) is 0 Å². The normalized spacial score (nSPS) is 24.5. The van der Waals surface area contributed by atoms with Crippen molar-refractivity contribution < 1.29 is 9.59 Å². The largest absolute Gasteiger partial charge is 0.342 e. The molecule has 1 aliphatic heterocycles. The average Bonchev–Trinajstić information content (AvgIpc) is 2.57. The maximum absolute atomic E-state index is 12.3. The molecule has 0 N–H and O–H groups in total. The van der Waals surface area contributed by atoms with Crippen LogP contribution in [0.5, 0.6) is 0 Å². The fraction of sp³-hybridized carbons (Fsp3) is 0.600. The summed E-state index contributed by atoms with van der Waals surface area (Å²) in [5.41, 5.74) is 1.97. The van der Waals surface area contributed by atoms with Gasteiger partial charge in [0.1, 0.15) is 6.29 Å². The van der Waals surface area contributed by atoms with E-state index in [0.29, 0.717) is 18.2 Å². The maximum atomic E-state index is 12.3. The molecular formula is C20H29NO2. The number of hydrogen-bond acceptors (Lipinski definition) is 2. The van der Waals surface area contributed by atoms with E-state index in [2.05, 4.69) is 26.8 Å². The van der Waals surface area contributed by atoms with Crippen LogP contribution in [0.4, 0.5) is 0 Å². The van der Waals surface area contributed by atoms with Crippen molar-refractivity contribution in [1.29, 1.82) is 0 Å². The molecule has 0 aromatic heterocycles. The van der Waals surface area contributed by atoms with Crippen molar-refractivity contribution in [2.75, 3.05) is 13.1 Å². The second kappa shape index (κ2) is 7.76. The van der Waals surface area contributed by atoms with Gasteiger partial charge in [-0.25, -0.2) is 0 Å². The number of benzene rings is 1. The van der Waals surface area contributed by atoms with E-state index in [4.69, 9.17) is 0 Å². The van der Waals surface area contributed by atoms with E-state index in [1.807, 2.05) is 23.1 Å². The second-order valence-electron chi connectivity index (χ2n) is 7.11. The van der Waals surface area contributed by atoms with Crippen molar-refractivity contribution >= 4 is 12.2 Å². The van der Waals surface area contributed by atoms with Crippen LogP contribution in [-0.4, -0.2) is 30.2 Å². The first-order chi connectivity index (χ1) is 11.0. The summed E-state index contributed by atoms with van der Waals surface area (Å²) in [7, 11) is 0. The summed E-state index contributed by atoms with van der Waals surface area (Å²) in [6, 6.07) is 7.92. The topological polar surface area (TPSA) is 37.4 Å². The minimum absolute atomic E-state index is 0.0270. The van der Waals surface area contributed by atoms with Gasteiger partial charge >= 0.3 is 0 Å². The minimum atomic E-state index is 0.0270. The number of carbonyl (C=O) groups is 2. The highest BCUT2D eigenvalue weighted by Gasteiger charge is 2.39. The number of nitrogens with zero attached hydrogens (tertiary/aromatic N) is 1. The smallest absolute Gasteiger partial charge is 0.222 e. The Bertz CT molecular complexity index is 554. The van der Waals surface area contributed by atoms with Crippen LogP contribution in [0, 0.1) is 5.92 Å². The number of piperidine rings is 1. The highest BCUT2D eigenvalue weighted by molar-refractivity contribution is 5.76. The summed E-state index contributed by atoms with van der Waals surface area (Å²) in [6.07, 6.45) is 5.82. The molecule has 1 fully saturated rings. The molecule has 1 aromatic carbocycles. The van der Waals surface area contributed by atoms with Crippen molar-refractivity contribution in [2.45, 2.75) is 58.3 Å². The van der Waals surface area contributed by atoms with Gasteiger partial charge in [-0.3, -0.25) is 9.59 Å². The second-order valence-corrected chi connectivity index (χ2v) is 7.11. The van der Waals surface area contributed by atoms with Gasteiger partial charge in [0.05, 0.1) is 0 Å². The SMILES string of the molecule is CCCCCC(=O)N1CCC(C)(c2cccc(C=O)c2)C(C)C1. The lowest BCUT2D eigenvalue weighted by molar-refractivity contribution is -0.134. The van der Waals surface area contributed by atoms with Gasteiger partial charge in [-0.15, -0.1) is 0 Å². The van der Waals surface area contributed by atoms with Crippen molar-refractivity contribution in [3.05, 3.63) is 35.4 Å². The molecule has 2 unspecified atom stereocenters. The predicted octanol–water partition coefficient (Wildman–Crippen LogP) is 4.21. The number of likely N-dealkylation sites (tertiary alicyclic amines) is 1. The Morgan fingerprint density at radius 3 is 2.83 bits per heavy atom. The van der Waals surface area contributed by atoms with E-state index in [0.717, 1.165) is 50.6 Å². The van der Waals surface area contributed by atoms with E-state index in [-0.39, 0.29) is 5.41 Å². The first kappa shape index (κ1) is 17.7. The monoisotopic (exact) mass is 315 g/mol. The Balaban J connectivity index is 2.05. The summed E-state index contributed by atoms with van der Waals surface area (Å²) in [5.74, 6) is 0.683. The molecule has 1 aliphatic rings. The van der Waals surface area contributed by atoms with Crippen LogP contribution in [0.15, 0.2) is 24.3 Å². The molecule has 3 nitrogen and oxygen atoms in total. The molecule has 1 heterocycles. The summed E-state index contributed by atoms with van der Waals surface area (Å²) in [5, 5.41) is 0. The van der Waals surface area contributed by atoms with Gasteiger partial charge in [0.2, 0.25) is 5.91 Å². The van der Waals surface area contributed by atoms with E-state index < -0.39 is 0 Å². The fourth-order valence-electron chi connectivity index (χ4n) is 3.54. The predicted molar refractivity (Wildman–Crippen MR) is 93.7 cm³/mol. The number of rotatable bonds is 6. The molecule has 126 valence electrons. The highest BCUT2D eigenvalue weighted by atomic mass is 16.2. The molecule has 1 amide bonds. The standard InChI is InChI=1S/C20H29NO2/c1-4-5-6-10-19(23)21-12-11-20(3,16(2)14-21)18-9-7-8-17(13-18)15-22/h7-9,13,15-16H,4-6,10-12,14H2,1-3H3. The van der Waals surface area contributed by atoms with E-state index >= 15 is 0 Å². The Morgan fingerprint density at radius 2 is 2.17 bits per heavy atom. The Hall–Kier alpha value is -1.64. The lowest BCUT2D eigenvalue weighted by Gasteiger charge is -2.45. The van der Waals surface area contributed by atoms with Gasteiger partial charge in [-0.05, 0) is 35.8 Å². The van der Waals surface area contributed by atoms with Crippen LogP contribution in [0.1, 0.15) is 68.8 Å². The van der Waals surface area contributed by atoms with Crippen molar-refractivity contribution in [1.82, 2.24) is 4.90 Å². The molecule has 23 heavy (non-hydrogen) atoms. The third kappa shape index (κ3) is 4.01. The van der Waals surface area contributed by atoms with Gasteiger partial charge in [-0.1, -0.05) is 51.8 Å². The zero-order valence-corrected chi connectivity index (χ0v) is 14.7. The first-order valence-electron chi connectivity index (χ1n) is 8.84. The van der Waals surface area contributed by atoms with Crippen LogP contribution in [0.3, 0.4) is 0 Å². The van der Waals surface area contributed by atoms with Gasteiger partial charge in [0.25, 0.3) is 0 Å². The fourth-order valence-corrected chi connectivity index (χ4v) is 3.54. The van der Waals surface area contributed by atoms with E-state index in [9.17, 15) is 9.59 Å². The average molecular weight is 315 g/mol. The summed E-state index contributed by atoms with van der Waals surface area (Å²) >= 11 is 0. The van der Waals surface area contributed by atoms with Gasteiger partial charge in [-0.2, -0.15) is 0 Å². The lowest BCUT2D eigenvalue weighted by atomic mass is 9.68. The number of hydrogen-bond donors (Lipinski definition) is 0. The molecule has 0 aliphatic carbocycles. The van der Waals surface area contributed by atoms with Gasteiger partial charge in [0.15, 0.2) is 0 Å². The Kier molecular flexibility index (Phi) is 5.97. The molecule has 0 radical (unpaired) electrons. The summed E-state index contributed by atoms with van der Waals surface area (Å²) in [4.78, 5) is 25.4. The number of aldehydes is 1. The third-order valence-electron chi connectivity index (χ3n) is 5.51. The first-order valence-corrected chi connectivity index (χ1v) is 8.84. The van der Waals surface area contributed by atoms with E-state index in [1.54, 1.807) is 0 Å². The number of amides is 1. The molecule has 1 saturated heterocycles. The zero-order chi connectivity index (χ0) is 16.9. The summed E-state index contributed by atoms with van der Waals surface area (Å²) < 4.78 is 0. The number of unbranched alkanes of at least 4 members (excludes halogenated alkanes) is 2. The van der Waals surface area contributed by atoms with Crippen molar-refractivity contribution in [3.63, 3.8) is 0 Å². The lowest BCUT2D eigenvalue weighted by Crippen LogP contribution is -2.49. The van der Waals surface area contributed by atoms with Gasteiger partial charge < -0.3 is 4.90 Å². The van der Waals surface area contributed by atoms with Crippen molar-refractivity contribution in [3.8, 4) is 0 Å². The summed E-state index contributed by atoms with van der Waals surface area (Å²) in [6.45, 7) is 8.27. The molecule has 3 heteroatoms. The molecule has 2 rings (SSSR count). The molecule has 0 bridgehead atoms. The van der Waals surface area contributed by atoms with Crippen LogP contribution >= 0.6 is 0 Å². The molecule has 0 saturated carbocycles. The molecule has 2 atom stereocenters. The quantitative estimate of drug-likeness (QED) is 0.582.